The molecule has 0 aliphatic carbocycles. The van der Waals surface area contributed by atoms with E-state index >= 15 is 0 Å². The molecule has 17 nitrogen and oxygen atoms in total. The van der Waals surface area contributed by atoms with Crippen LogP contribution in [0.3, 0.4) is 0 Å². The van der Waals surface area contributed by atoms with Gasteiger partial charge in [-0.15, -0.1) is 0 Å². The van der Waals surface area contributed by atoms with Gasteiger partial charge in [-0.1, -0.05) is 95.3 Å². The zero-order valence-electron chi connectivity index (χ0n) is 49.5. The van der Waals surface area contributed by atoms with Crippen LogP contribution in [0.25, 0.3) is 10.8 Å². The zero-order valence-corrected chi connectivity index (χ0v) is 51.0. The van der Waals surface area contributed by atoms with Gasteiger partial charge >= 0.3 is 11.8 Å². The van der Waals surface area contributed by atoms with Crippen LogP contribution < -0.4 is 25.7 Å². The van der Waals surface area contributed by atoms with Crippen molar-refractivity contribution in [3.8, 4) is 17.2 Å². The number of methoxy groups -OCH3 is 1. The van der Waals surface area contributed by atoms with Crippen molar-refractivity contribution in [2.75, 3.05) is 64.1 Å². The van der Waals surface area contributed by atoms with E-state index in [2.05, 4.69) is 84.4 Å². The molecular formula is C63H81ClN6O11S. The molecule has 9 rings (SSSR count). The molecule has 4 bridgehead atoms. The Bertz CT molecular complexity index is 3310. The number of phenolic OH excluding ortho intramolecular Hbond substituents is 2. The predicted octanol–water partition coefficient (Wildman–Crippen LogP) is 9.64. The van der Waals surface area contributed by atoms with E-state index in [0.29, 0.717) is 31.8 Å². The Hall–Kier alpha value is -5.99. The number of phenols is 2. The summed E-state index contributed by atoms with van der Waals surface area (Å²) in [4.78, 5) is 60.9. The van der Waals surface area contributed by atoms with Crippen LogP contribution in [-0.2, 0) is 23.8 Å². The second kappa shape index (κ2) is 25.5. The van der Waals surface area contributed by atoms with Crippen molar-refractivity contribution in [1.29, 1.82) is 0 Å². The Labute approximate surface area is 490 Å². The molecule has 0 radical (unpaired) electrons. The van der Waals surface area contributed by atoms with Crippen molar-refractivity contribution in [1.82, 2.24) is 9.80 Å². The van der Waals surface area contributed by atoms with Crippen LogP contribution in [0.1, 0.15) is 97.5 Å². The number of benzene rings is 4. The standard InChI is InChI=1S/C46H62N4O11.C17H19ClN2S/c1-22(2)21-50-18-16-46(17-19-50)48-34-31-32-39(54)28(8)42-33(31)43(56)45(10,61-42)59-20-15-30(58-11)25(5)41(60-29(9)51)27(7)38(53)26(6)37(52)23(3)13-12-14-24(4)44(57)47-36(40(32)55)35(34)49-46;1-19(2)10-5-11-20-14-6-3-4-7-16(14)21-17-9-8-13(18)12-15(17)20/h12-15,20,22-23,25-27,30,37-38,41,52-55H,16-19,21H2,1-11H3,(H,47,57);3-4,6-9,12H,5,10-11H2,1-2H3/b13-12-,20-15-,24-14+;/t23-,25+,26+,27-,30-,37-,38+,41-,45-;/m0./s1. The van der Waals surface area contributed by atoms with Gasteiger partial charge in [-0.2, -0.15) is 0 Å². The summed E-state index contributed by atoms with van der Waals surface area (Å²) >= 11 is 8.03. The van der Waals surface area contributed by atoms with E-state index in [-0.39, 0.29) is 55.4 Å². The normalized spacial score (nSPS) is 27.7. The van der Waals surface area contributed by atoms with Crippen LogP contribution in [0.5, 0.6) is 17.2 Å². The van der Waals surface area contributed by atoms with Gasteiger partial charge < -0.3 is 59.4 Å². The fourth-order valence-electron chi connectivity index (χ4n) is 11.8. The van der Waals surface area contributed by atoms with Gasteiger partial charge in [0.1, 0.15) is 28.6 Å². The van der Waals surface area contributed by atoms with Crippen LogP contribution in [-0.4, -0.2) is 138 Å². The first-order valence-corrected chi connectivity index (χ1v) is 29.6. The zero-order chi connectivity index (χ0) is 59.7. The highest BCUT2D eigenvalue weighted by Crippen LogP contribution is 2.51. The number of carbonyl (C=O) groups excluding carboxylic acids is 3. The Kier molecular flexibility index (Phi) is 19.3. The molecule has 4 aromatic carbocycles. The number of nitrogens with one attached hydrogen (secondary N) is 1. The third-order valence-electron chi connectivity index (χ3n) is 16.5. The molecule has 5 heterocycles. The number of amides is 1. The minimum absolute atomic E-state index is 0.0364. The third-order valence-corrected chi connectivity index (χ3v) is 17.8. The highest BCUT2D eigenvalue weighted by molar-refractivity contribution is 7.99. The summed E-state index contributed by atoms with van der Waals surface area (Å²) < 4.78 is 24.0. The number of fused-ring (bicyclic) bond motifs is 3. The number of hydrogen-bond donors (Lipinski definition) is 5. The van der Waals surface area contributed by atoms with Crippen LogP contribution in [0, 0.1) is 36.5 Å². The van der Waals surface area contributed by atoms with Crippen LogP contribution in [0.2, 0.25) is 5.02 Å². The summed E-state index contributed by atoms with van der Waals surface area (Å²) in [5.41, 5.74) is 1.94. The number of rotatable bonds is 8. The number of para-hydroxylation sites is 1. The Balaban J connectivity index is 0.000000348. The minimum Gasteiger partial charge on any atom is -0.507 e. The van der Waals surface area contributed by atoms with Gasteiger partial charge in [-0.3, -0.25) is 24.4 Å². The molecule has 442 valence electrons. The number of piperidine rings is 1. The first-order valence-electron chi connectivity index (χ1n) is 28.4. The second-order valence-electron chi connectivity index (χ2n) is 23.4. The Morgan fingerprint density at radius 2 is 1.61 bits per heavy atom. The van der Waals surface area contributed by atoms with E-state index in [4.69, 9.17) is 40.5 Å². The number of ketones is 1. The van der Waals surface area contributed by atoms with Crippen LogP contribution in [0.15, 0.2) is 98.4 Å². The fraction of sp³-hybridized carbons (Fsp3) is 0.508. The summed E-state index contributed by atoms with van der Waals surface area (Å²) in [5, 5.41) is 51.0. The highest BCUT2D eigenvalue weighted by atomic mass is 35.5. The van der Waals surface area contributed by atoms with Gasteiger partial charge in [0.25, 0.3) is 11.7 Å². The molecule has 1 saturated heterocycles. The van der Waals surface area contributed by atoms with Crippen molar-refractivity contribution in [2.24, 2.45) is 39.6 Å². The number of likely N-dealkylation sites (tertiary alicyclic amines) is 1. The van der Waals surface area contributed by atoms with E-state index in [0.717, 1.165) is 31.1 Å². The summed E-state index contributed by atoms with van der Waals surface area (Å²) in [6.45, 7) is 21.6. The Morgan fingerprint density at radius 3 is 2.28 bits per heavy atom. The van der Waals surface area contributed by atoms with Gasteiger partial charge in [-0.05, 0) is 83.2 Å². The number of aromatic hydroxyl groups is 2. The van der Waals surface area contributed by atoms with Gasteiger partial charge in [0.2, 0.25) is 0 Å². The fourth-order valence-corrected chi connectivity index (χ4v) is 13.0. The van der Waals surface area contributed by atoms with Crippen molar-refractivity contribution in [2.45, 2.75) is 134 Å². The molecule has 1 spiro atoms. The quantitative estimate of drug-likeness (QED) is 0.0820. The minimum atomic E-state index is -1.96. The number of ether oxygens (including phenoxy) is 4. The molecule has 0 saturated carbocycles. The maximum absolute atomic E-state index is 14.7. The summed E-state index contributed by atoms with van der Waals surface area (Å²) in [7, 11) is 5.70. The summed E-state index contributed by atoms with van der Waals surface area (Å²) in [5.74, 6) is -6.44. The second-order valence-corrected chi connectivity index (χ2v) is 25.0. The van der Waals surface area contributed by atoms with Crippen molar-refractivity contribution in [3.05, 3.63) is 105 Å². The molecule has 9 atom stereocenters. The van der Waals surface area contributed by atoms with Gasteiger partial charge in [0.05, 0.1) is 52.3 Å². The van der Waals surface area contributed by atoms with Gasteiger partial charge in [0.15, 0.2) is 11.4 Å². The SMILES string of the molecule is CN(C)CCCN1c2ccccc2Sc2ccc(Cl)cc21.CO[C@H]1/C=C\O[C@@]2(C)Oc3c(C)c(O)c4c(O)c(c5c(c4c3C2=O)=NC2(CCN(CC(C)C)CC2)N=5)NC(=O)/C(C)=C/C=C\[C@H](C)[C@H](O)[C@@H](C)[C@@H](O)[C@H](C)[C@@H](OC(C)=O)[C@@H]1C. The number of aliphatic hydroxyl groups is 2. The number of Topliss-reactive ketones (excluding diaryl/α,β-unsaturated/α-hetero) is 1. The van der Waals surface area contributed by atoms with E-state index in [1.807, 2.05) is 17.8 Å². The lowest BCUT2D eigenvalue weighted by molar-refractivity contribution is -0.160. The lowest BCUT2D eigenvalue weighted by Crippen LogP contribution is -2.46. The van der Waals surface area contributed by atoms with E-state index in [9.17, 15) is 34.8 Å². The lowest BCUT2D eigenvalue weighted by atomic mass is 9.78. The molecule has 5 N–H and O–H groups in total. The molecule has 0 unspecified atom stereocenters. The molecule has 82 heavy (non-hydrogen) atoms. The molecule has 5 aliphatic rings. The number of allylic oxidation sites excluding steroid dienone is 2. The van der Waals surface area contributed by atoms with Crippen molar-refractivity contribution in [3.63, 3.8) is 0 Å². The topological polar surface area (TPSA) is 216 Å². The third kappa shape index (κ3) is 12.7. The maximum Gasteiger partial charge on any atom is 0.312 e. The molecule has 5 aliphatic heterocycles. The largest absolute Gasteiger partial charge is 0.507 e. The van der Waals surface area contributed by atoms with Crippen LogP contribution >= 0.6 is 23.4 Å². The van der Waals surface area contributed by atoms with E-state index in [1.165, 1.54) is 48.4 Å². The number of esters is 1. The molecule has 1 amide bonds. The van der Waals surface area contributed by atoms with Gasteiger partial charge in [0, 0.05) is 115 Å². The number of halogens is 1. The number of carbonyl (C=O) groups is 3. The number of nitrogens with zero attached hydrogens (tertiary/aromatic N) is 5. The summed E-state index contributed by atoms with van der Waals surface area (Å²) in [6, 6.07) is 14.8. The molecule has 1 fully saturated rings. The molecular weight excluding hydrogens is 1080 g/mol. The maximum atomic E-state index is 14.7. The van der Waals surface area contributed by atoms with E-state index < -0.39 is 82.9 Å². The number of aliphatic hydroxyl groups excluding tert-OH is 2. The first-order chi connectivity index (χ1) is 38.8. The predicted molar refractivity (Wildman–Crippen MR) is 320 cm³/mol. The van der Waals surface area contributed by atoms with Crippen LogP contribution in [0.4, 0.5) is 17.1 Å². The number of hydrogen-bond acceptors (Lipinski definition) is 17. The average molecular weight is 1170 g/mol. The lowest BCUT2D eigenvalue weighted by Gasteiger charge is -2.38. The van der Waals surface area contributed by atoms with Crippen molar-refractivity contribution < 1.29 is 53.8 Å². The smallest absolute Gasteiger partial charge is 0.312 e. The monoisotopic (exact) mass is 1160 g/mol. The summed E-state index contributed by atoms with van der Waals surface area (Å²) in [6.07, 6.45) is 6.16. The average Bonchev–Trinajstić information content (AvgIpc) is 1.75. The first kappa shape index (κ1) is 62.1. The van der Waals surface area contributed by atoms with E-state index in [1.54, 1.807) is 65.8 Å². The molecule has 19 heteroatoms. The Morgan fingerprint density at radius 1 is 0.927 bits per heavy atom. The molecule has 0 aromatic heterocycles. The number of anilines is 3. The highest BCUT2D eigenvalue weighted by Gasteiger charge is 2.50. The van der Waals surface area contributed by atoms with Crippen molar-refractivity contribution >= 4 is 68.9 Å². The molecule has 4 aromatic rings. The van der Waals surface area contributed by atoms with Gasteiger partial charge in [-0.25, -0.2) is 0 Å².